The smallest absolute Gasteiger partial charge is 0.204 e. The summed E-state index contributed by atoms with van der Waals surface area (Å²) in [4.78, 5) is 4.28. The Morgan fingerprint density at radius 3 is 2.86 bits per heavy atom. The van der Waals surface area contributed by atoms with Gasteiger partial charge in [-0.2, -0.15) is 0 Å². The molecule has 3 nitrogen and oxygen atoms in total. The molecule has 0 bridgehead atoms. The van der Waals surface area contributed by atoms with E-state index < -0.39 is 0 Å². The summed E-state index contributed by atoms with van der Waals surface area (Å²) in [6.07, 6.45) is 3.42. The van der Waals surface area contributed by atoms with Crippen LogP contribution in [0.5, 0.6) is 0 Å². The molecular weight excluding hydrogens is 176 g/mol. The minimum absolute atomic E-state index is 0.790. The van der Waals surface area contributed by atoms with Crippen LogP contribution in [0, 0.1) is 0 Å². The normalized spacial score (nSPS) is 10.9. The second-order valence-electron chi connectivity index (χ2n) is 3.05. The van der Waals surface area contributed by atoms with Gasteiger partial charge in [-0.25, -0.2) is 4.98 Å². The first-order valence-corrected chi connectivity index (χ1v) is 4.41. The molecule has 0 radical (unpaired) electrons. The minimum Gasteiger partial charge on any atom is -0.448 e. The molecule has 0 spiro atoms. The number of imidazole rings is 1. The summed E-state index contributed by atoms with van der Waals surface area (Å²) >= 11 is 0. The number of furan rings is 1. The van der Waals surface area contributed by atoms with Crippen molar-refractivity contribution in [3.8, 4) is 5.88 Å². The van der Waals surface area contributed by atoms with E-state index in [1.54, 1.807) is 12.6 Å². The Morgan fingerprint density at radius 2 is 2.00 bits per heavy atom. The maximum Gasteiger partial charge on any atom is 0.204 e. The summed E-state index contributed by atoms with van der Waals surface area (Å²) in [6.45, 7) is 0. The van der Waals surface area contributed by atoms with E-state index in [-0.39, 0.29) is 0 Å². The Bertz CT molecular complexity index is 551. The topological polar surface area (TPSA) is 31.0 Å². The number of rotatable bonds is 1. The van der Waals surface area contributed by atoms with Gasteiger partial charge in [-0.3, -0.25) is 4.57 Å². The molecule has 0 amide bonds. The summed E-state index contributed by atoms with van der Waals surface area (Å²) in [5.41, 5.74) is 2.03. The quantitative estimate of drug-likeness (QED) is 0.582. The molecule has 1 aromatic carbocycles. The van der Waals surface area contributed by atoms with Gasteiger partial charge in [-0.1, -0.05) is 12.1 Å². The van der Waals surface area contributed by atoms with Crippen molar-refractivity contribution in [3.05, 3.63) is 49.0 Å². The first-order valence-electron chi connectivity index (χ1n) is 4.41. The van der Waals surface area contributed by atoms with E-state index in [1.165, 1.54) is 0 Å². The van der Waals surface area contributed by atoms with E-state index in [9.17, 15) is 0 Å². The number of fused-ring (bicyclic) bond motifs is 1. The van der Waals surface area contributed by atoms with Crippen LogP contribution < -0.4 is 0 Å². The molecule has 0 atom stereocenters. The highest BCUT2D eigenvalue weighted by Gasteiger charge is 2.04. The van der Waals surface area contributed by atoms with Crippen LogP contribution in [0.1, 0.15) is 0 Å². The van der Waals surface area contributed by atoms with Crippen LogP contribution in [0.2, 0.25) is 0 Å². The molecule has 2 heterocycles. The van der Waals surface area contributed by atoms with Crippen molar-refractivity contribution in [1.82, 2.24) is 9.55 Å². The summed E-state index contributed by atoms with van der Waals surface area (Å²) in [5.74, 6) is 0.790. The Labute approximate surface area is 80.6 Å². The monoisotopic (exact) mass is 184 g/mol. The Kier molecular flexibility index (Phi) is 1.44. The van der Waals surface area contributed by atoms with Gasteiger partial charge in [0.15, 0.2) is 0 Å². The van der Waals surface area contributed by atoms with Gasteiger partial charge in [-0.05, 0) is 18.2 Å². The van der Waals surface area contributed by atoms with Crippen molar-refractivity contribution in [1.29, 1.82) is 0 Å². The van der Waals surface area contributed by atoms with Crippen molar-refractivity contribution in [2.24, 2.45) is 0 Å². The molecule has 3 rings (SSSR count). The molecule has 14 heavy (non-hydrogen) atoms. The van der Waals surface area contributed by atoms with Gasteiger partial charge in [0.1, 0.15) is 6.33 Å². The molecule has 2 aromatic heterocycles. The average molecular weight is 184 g/mol. The zero-order valence-corrected chi connectivity index (χ0v) is 7.42. The van der Waals surface area contributed by atoms with Gasteiger partial charge < -0.3 is 4.42 Å². The Hall–Kier alpha value is -2.03. The number of para-hydroxylation sites is 2. The van der Waals surface area contributed by atoms with E-state index in [0.29, 0.717) is 0 Å². The van der Waals surface area contributed by atoms with Gasteiger partial charge in [0.2, 0.25) is 5.88 Å². The molecule has 0 N–H and O–H groups in total. The highest BCUT2D eigenvalue weighted by atomic mass is 16.3. The maximum absolute atomic E-state index is 5.31. The van der Waals surface area contributed by atoms with Gasteiger partial charge in [0.05, 0.1) is 17.3 Å². The van der Waals surface area contributed by atoms with Crippen LogP contribution >= 0.6 is 0 Å². The molecule has 3 heteroatoms. The van der Waals surface area contributed by atoms with Crippen LogP contribution in [-0.4, -0.2) is 9.55 Å². The standard InChI is InChI=1S/C11H8N2O/c1-2-5-10-9(4-1)12-8-13(10)11-6-3-7-14-11/h1-8H. The summed E-state index contributed by atoms with van der Waals surface area (Å²) in [7, 11) is 0. The van der Waals surface area contributed by atoms with Crippen molar-refractivity contribution in [3.63, 3.8) is 0 Å². The lowest BCUT2D eigenvalue weighted by Gasteiger charge is -1.97. The van der Waals surface area contributed by atoms with Crippen LogP contribution in [0.4, 0.5) is 0 Å². The zero-order chi connectivity index (χ0) is 9.38. The van der Waals surface area contributed by atoms with E-state index in [0.717, 1.165) is 16.9 Å². The molecule has 0 saturated heterocycles. The minimum atomic E-state index is 0.790. The molecule has 68 valence electrons. The van der Waals surface area contributed by atoms with Crippen molar-refractivity contribution < 1.29 is 4.42 Å². The van der Waals surface area contributed by atoms with Gasteiger partial charge in [0.25, 0.3) is 0 Å². The average Bonchev–Trinajstić information content (AvgIpc) is 2.85. The van der Waals surface area contributed by atoms with Crippen LogP contribution in [-0.2, 0) is 0 Å². The third-order valence-electron chi connectivity index (χ3n) is 2.20. The van der Waals surface area contributed by atoms with Gasteiger partial charge in [-0.15, -0.1) is 0 Å². The van der Waals surface area contributed by atoms with Gasteiger partial charge >= 0.3 is 0 Å². The number of hydrogen-bond acceptors (Lipinski definition) is 2. The largest absolute Gasteiger partial charge is 0.448 e. The van der Waals surface area contributed by atoms with E-state index >= 15 is 0 Å². The third-order valence-corrected chi connectivity index (χ3v) is 2.20. The molecule has 0 aliphatic carbocycles. The lowest BCUT2D eigenvalue weighted by Crippen LogP contribution is -1.87. The van der Waals surface area contributed by atoms with E-state index in [1.807, 2.05) is 41.0 Å². The summed E-state index contributed by atoms with van der Waals surface area (Å²) in [5, 5.41) is 0. The number of benzene rings is 1. The van der Waals surface area contributed by atoms with Crippen LogP contribution in [0.25, 0.3) is 16.9 Å². The van der Waals surface area contributed by atoms with E-state index in [2.05, 4.69) is 4.98 Å². The molecule has 0 saturated carbocycles. The first kappa shape index (κ1) is 7.38. The summed E-state index contributed by atoms with van der Waals surface area (Å²) in [6, 6.07) is 11.7. The first-order chi connectivity index (χ1) is 6.95. The number of nitrogens with zero attached hydrogens (tertiary/aromatic N) is 2. The SMILES string of the molecule is c1coc(-n2cnc3ccccc32)c1. The fourth-order valence-electron chi connectivity index (χ4n) is 1.54. The molecular formula is C11H8N2O. The van der Waals surface area contributed by atoms with Crippen molar-refractivity contribution >= 4 is 11.0 Å². The molecule has 0 aliphatic heterocycles. The van der Waals surface area contributed by atoms with Crippen LogP contribution in [0.15, 0.2) is 53.4 Å². The highest BCUT2D eigenvalue weighted by Crippen LogP contribution is 2.17. The Balaban J connectivity index is 2.33. The fraction of sp³-hybridized carbons (Fsp3) is 0. The molecule has 0 aliphatic rings. The third kappa shape index (κ3) is 0.956. The zero-order valence-electron chi connectivity index (χ0n) is 7.42. The maximum atomic E-state index is 5.31. The van der Waals surface area contributed by atoms with Crippen LogP contribution in [0.3, 0.4) is 0 Å². The molecule has 0 unspecified atom stereocenters. The van der Waals surface area contributed by atoms with E-state index in [4.69, 9.17) is 4.42 Å². The molecule has 3 aromatic rings. The highest BCUT2D eigenvalue weighted by molar-refractivity contribution is 5.76. The fourth-order valence-corrected chi connectivity index (χ4v) is 1.54. The van der Waals surface area contributed by atoms with Crippen molar-refractivity contribution in [2.45, 2.75) is 0 Å². The molecule has 0 fully saturated rings. The predicted molar refractivity (Wildman–Crippen MR) is 53.3 cm³/mol. The lowest BCUT2D eigenvalue weighted by atomic mass is 10.3. The number of aromatic nitrogens is 2. The second-order valence-corrected chi connectivity index (χ2v) is 3.05. The lowest BCUT2D eigenvalue weighted by molar-refractivity contribution is 0.542. The summed E-state index contributed by atoms with van der Waals surface area (Å²) < 4.78 is 7.23. The second kappa shape index (κ2) is 2.73. The van der Waals surface area contributed by atoms with Crippen molar-refractivity contribution in [2.75, 3.05) is 0 Å². The number of hydrogen-bond donors (Lipinski definition) is 0. The Morgan fingerprint density at radius 1 is 1.07 bits per heavy atom. The van der Waals surface area contributed by atoms with Gasteiger partial charge in [0, 0.05) is 6.07 Å². The predicted octanol–water partition coefficient (Wildman–Crippen LogP) is 2.62.